The summed E-state index contributed by atoms with van der Waals surface area (Å²) in [4.78, 5) is 33.0. The lowest BCUT2D eigenvalue weighted by molar-refractivity contribution is -0.0498. The summed E-state index contributed by atoms with van der Waals surface area (Å²) < 4.78 is 29.1. The summed E-state index contributed by atoms with van der Waals surface area (Å²) in [6.07, 6.45) is 1.14. The molecule has 9 heteroatoms. The molecule has 1 aromatic heterocycles. The zero-order valence-corrected chi connectivity index (χ0v) is 18.4. The minimum absolute atomic E-state index is 0.00404. The molecule has 7 nitrogen and oxygen atoms in total. The molecule has 3 aromatic rings. The van der Waals surface area contributed by atoms with Gasteiger partial charge in [0.15, 0.2) is 0 Å². The summed E-state index contributed by atoms with van der Waals surface area (Å²) in [5.41, 5.74) is 3.87. The van der Waals surface area contributed by atoms with Gasteiger partial charge in [0, 0.05) is 12.6 Å². The number of aryl methyl sites for hydroxylation is 2. The lowest BCUT2D eigenvalue weighted by Gasteiger charge is -2.15. The number of nitrogens with one attached hydrogen (secondary N) is 2. The van der Waals surface area contributed by atoms with Gasteiger partial charge in [0.1, 0.15) is 23.5 Å². The Kier molecular flexibility index (Phi) is 7.66. The standard InChI is InChI=1S/C24H24F2N4O3/c1-14-7-8-18(9-15(14)2)16(3)30-23(32)21-11-20(28-13-29-21)22(31)27-12-17-5-4-6-19(10-17)33-24(25)26/h4-11,13,16,24H,12H2,1-3H3,(H,27,31)(H,30,32)/t16-/m0/s1. The number of hydrogen-bond acceptors (Lipinski definition) is 5. The van der Waals surface area contributed by atoms with Crippen molar-refractivity contribution in [1.82, 2.24) is 20.6 Å². The molecule has 2 N–H and O–H groups in total. The molecule has 2 amide bonds. The number of ether oxygens (including phenoxy) is 1. The van der Waals surface area contributed by atoms with E-state index >= 15 is 0 Å². The molecule has 3 rings (SSSR count). The third-order valence-electron chi connectivity index (χ3n) is 5.09. The first kappa shape index (κ1) is 23.8. The van der Waals surface area contributed by atoms with Crippen molar-refractivity contribution in [3.8, 4) is 5.75 Å². The number of hydrogen-bond donors (Lipinski definition) is 2. The highest BCUT2D eigenvalue weighted by Crippen LogP contribution is 2.18. The summed E-state index contributed by atoms with van der Waals surface area (Å²) in [5.74, 6) is -0.974. The molecule has 33 heavy (non-hydrogen) atoms. The fraction of sp³-hybridized carbons (Fsp3) is 0.250. The fourth-order valence-corrected chi connectivity index (χ4v) is 3.10. The van der Waals surface area contributed by atoms with Crippen molar-refractivity contribution in [2.75, 3.05) is 0 Å². The van der Waals surface area contributed by atoms with Crippen LogP contribution in [0, 0.1) is 13.8 Å². The van der Waals surface area contributed by atoms with Crippen LogP contribution in [0.25, 0.3) is 0 Å². The van der Waals surface area contributed by atoms with E-state index < -0.39 is 18.4 Å². The molecular formula is C24H24F2N4O3. The number of carbonyl (C=O) groups excluding carboxylic acids is 2. The molecule has 0 fully saturated rings. The molecule has 1 atom stereocenters. The average molecular weight is 454 g/mol. The maximum atomic E-state index is 12.7. The summed E-state index contributed by atoms with van der Waals surface area (Å²) >= 11 is 0. The van der Waals surface area contributed by atoms with Crippen LogP contribution in [0.1, 0.15) is 56.2 Å². The summed E-state index contributed by atoms with van der Waals surface area (Å²) in [7, 11) is 0. The van der Waals surface area contributed by atoms with E-state index in [9.17, 15) is 18.4 Å². The molecule has 0 saturated heterocycles. The first-order valence-electron chi connectivity index (χ1n) is 10.2. The van der Waals surface area contributed by atoms with Crippen molar-refractivity contribution in [3.63, 3.8) is 0 Å². The van der Waals surface area contributed by atoms with Gasteiger partial charge in [-0.15, -0.1) is 0 Å². The van der Waals surface area contributed by atoms with Gasteiger partial charge in [0.2, 0.25) is 0 Å². The van der Waals surface area contributed by atoms with Gasteiger partial charge in [-0.1, -0.05) is 30.3 Å². The fourth-order valence-electron chi connectivity index (χ4n) is 3.10. The van der Waals surface area contributed by atoms with E-state index in [0.29, 0.717) is 5.56 Å². The molecule has 0 radical (unpaired) electrons. The molecule has 0 spiro atoms. The number of aromatic nitrogens is 2. The Hall–Kier alpha value is -3.88. The number of amides is 2. The van der Waals surface area contributed by atoms with Gasteiger partial charge in [-0.05, 0) is 55.2 Å². The average Bonchev–Trinajstić information content (AvgIpc) is 2.79. The highest BCUT2D eigenvalue weighted by Gasteiger charge is 2.16. The van der Waals surface area contributed by atoms with Crippen molar-refractivity contribution in [2.24, 2.45) is 0 Å². The van der Waals surface area contributed by atoms with Crippen molar-refractivity contribution < 1.29 is 23.1 Å². The van der Waals surface area contributed by atoms with E-state index in [4.69, 9.17) is 0 Å². The molecular weight excluding hydrogens is 430 g/mol. The van der Waals surface area contributed by atoms with Gasteiger partial charge in [-0.2, -0.15) is 8.78 Å². The third-order valence-corrected chi connectivity index (χ3v) is 5.09. The van der Waals surface area contributed by atoms with Crippen molar-refractivity contribution in [3.05, 3.63) is 88.5 Å². The minimum Gasteiger partial charge on any atom is -0.435 e. The smallest absolute Gasteiger partial charge is 0.387 e. The van der Waals surface area contributed by atoms with Gasteiger partial charge in [0.05, 0.1) is 6.04 Å². The molecule has 0 aliphatic carbocycles. The number of carbonyl (C=O) groups is 2. The van der Waals surface area contributed by atoms with Gasteiger partial charge in [-0.25, -0.2) is 9.97 Å². The zero-order valence-electron chi connectivity index (χ0n) is 18.4. The third kappa shape index (κ3) is 6.55. The first-order valence-corrected chi connectivity index (χ1v) is 10.2. The number of benzene rings is 2. The largest absolute Gasteiger partial charge is 0.435 e. The molecule has 0 bridgehead atoms. The second kappa shape index (κ2) is 10.6. The molecule has 0 aliphatic rings. The van der Waals surface area contributed by atoms with Crippen LogP contribution in [0.5, 0.6) is 5.75 Å². The molecule has 0 aliphatic heterocycles. The molecule has 1 heterocycles. The van der Waals surface area contributed by atoms with Crippen LogP contribution in [0.3, 0.4) is 0 Å². The Labute approximate surface area is 190 Å². The lowest BCUT2D eigenvalue weighted by Crippen LogP contribution is -2.29. The summed E-state index contributed by atoms with van der Waals surface area (Å²) in [6, 6.07) is 13.0. The number of nitrogens with zero attached hydrogens (tertiary/aromatic N) is 2. The van der Waals surface area contributed by atoms with Crippen molar-refractivity contribution in [2.45, 2.75) is 40.0 Å². The Balaban J connectivity index is 1.63. The summed E-state index contributed by atoms with van der Waals surface area (Å²) in [5, 5.41) is 5.50. The molecule has 0 saturated carbocycles. The van der Waals surface area contributed by atoms with Crippen LogP contribution in [0.2, 0.25) is 0 Å². The Morgan fingerprint density at radius 3 is 2.39 bits per heavy atom. The topological polar surface area (TPSA) is 93.2 Å². The maximum absolute atomic E-state index is 12.7. The Morgan fingerprint density at radius 2 is 1.70 bits per heavy atom. The van der Waals surface area contributed by atoms with E-state index in [1.165, 1.54) is 18.2 Å². The predicted molar refractivity (Wildman–Crippen MR) is 118 cm³/mol. The normalized spacial score (nSPS) is 11.7. The number of rotatable bonds is 8. The van der Waals surface area contributed by atoms with Gasteiger partial charge in [-0.3, -0.25) is 9.59 Å². The van der Waals surface area contributed by atoms with E-state index in [1.54, 1.807) is 12.1 Å². The van der Waals surface area contributed by atoms with Gasteiger partial charge >= 0.3 is 6.61 Å². The van der Waals surface area contributed by atoms with E-state index in [-0.39, 0.29) is 29.7 Å². The Morgan fingerprint density at radius 1 is 0.970 bits per heavy atom. The van der Waals surface area contributed by atoms with Crippen LogP contribution in [-0.4, -0.2) is 28.4 Å². The first-order chi connectivity index (χ1) is 15.7. The maximum Gasteiger partial charge on any atom is 0.387 e. The Bertz CT molecular complexity index is 1150. The van der Waals surface area contributed by atoms with Crippen LogP contribution in [-0.2, 0) is 6.54 Å². The van der Waals surface area contributed by atoms with Gasteiger partial charge in [0.25, 0.3) is 11.8 Å². The second-order valence-electron chi connectivity index (χ2n) is 7.54. The van der Waals surface area contributed by atoms with E-state index in [1.807, 2.05) is 39.0 Å². The highest BCUT2D eigenvalue weighted by molar-refractivity contribution is 5.97. The van der Waals surface area contributed by atoms with E-state index in [2.05, 4.69) is 25.3 Å². The SMILES string of the molecule is Cc1ccc([C@H](C)NC(=O)c2cc(C(=O)NCc3cccc(OC(F)F)c3)ncn2)cc1C. The summed E-state index contributed by atoms with van der Waals surface area (Å²) in [6.45, 7) is 3.02. The van der Waals surface area contributed by atoms with Gasteiger partial charge < -0.3 is 15.4 Å². The monoisotopic (exact) mass is 454 g/mol. The number of halogens is 2. The lowest BCUT2D eigenvalue weighted by atomic mass is 10.0. The van der Waals surface area contributed by atoms with Crippen molar-refractivity contribution >= 4 is 11.8 Å². The molecule has 0 unspecified atom stereocenters. The van der Waals surface area contributed by atoms with Crippen LogP contribution in [0.15, 0.2) is 54.9 Å². The zero-order chi connectivity index (χ0) is 24.0. The number of alkyl halides is 2. The molecule has 172 valence electrons. The van der Waals surface area contributed by atoms with Crippen LogP contribution in [0.4, 0.5) is 8.78 Å². The minimum atomic E-state index is -2.93. The highest BCUT2D eigenvalue weighted by atomic mass is 19.3. The van der Waals surface area contributed by atoms with Crippen LogP contribution >= 0.6 is 0 Å². The van der Waals surface area contributed by atoms with E-state index in [0.717, 1.165) is 23.0 Å². The quantitative estimate of drug-likeness (QED) is 0.534. The predicted octanol–water partition coefficient (Wildman–Crippen LogP) is 4.12. The molecule has 2 aromatic carbocycles. The second-order valence-corrected chi connectivity index (χ2v) is 7.54. The van der Waals surface area contributed by atoms with Crippen molar-refractivity contribution in [1.29, 1.82) is 0 Å². The van der Waals surface area contributed by atoms with Crippen LogP contribution < -0.4 is 15.4 Å².